The first-order valence-corrected chi connectivity index (χ1v) is 6.02. The Kier molecular flexibility index (Phi) is 3.43. The predicted octanol–water partition coefficient (Wildman–Crippen LogP) is 1.42. The highest BCUT2D eigenvalue weighted by molar-refractivity contribution is 7.07. The SMILES string of the molecule is COc1nn(C)cc1C(=O)NCc1ccsc1. The summed E-state index contributed by atoms with van der Waals surface area (Å²) in [5.41, 5.74) is 1.54. The zero-order valence-electron chi connectivity index (χ0n) is 9.64. The van der Waals surface area contributed by atoms with Crippen LogP contribution in [-0.4, -0.2) is 22.8 Å². The van der Waals surface area contributed by atoms with Crippen LogP contribution < -0.4 is 10.1 Å². The average Bonchev–Trinajstić information content (AvgIpc) is 2.94. The fraction of sp³-hybridized carbons (Fsp3) is 0.273. The van der Waals surface area contributed by atoms with E-state index in [0.717, 1.165) is 5.56 Å². The van der Waals surface area contributed by atoms with Crippen molar-refractivity contribution in [2.75, 3.05) is 7.11 Å². The van der Waals surface area contributed by atoms with Gasteiger partial charge in [-0.2, -0.15) is 11.3 Å². The van der Waals surface area contributed by atoms with Crippen LogP contribution in [-0.2, 0) is 13.6 Å². The number of carbonyl (C=O) groups excluding carboxylic acids is 1. The molecular formula is C11H13N3O2S. The molecule has 0 bridgehead atoms. The molecule has 1 N–H and O–H groups in total. The molecule has 0 aliphatic carbocycles. The predicted molar refractivity (Wildman–Crippen MR) is 65.2 cm³/mol. The summed E-state index contributed by atoms with van der Waals surface area (Å²) < 4.78 is 6.59. The Bertz CT molecular complexity index is 505. The summed E-state index contributed by atoms with van der Waals surface area (Å²) in [4.78, 5) is 11.9. The van der Waals surface area contributed by atoms with Crippen molar-refractivity contribution in [3.63, 3.8) is 0 Å². The number of rotatable bonds is 4. The van der Waals surface area contributed by atoms with Crippen molar-refractivity contribution in [3.8, 4) is 5.88 Å². The van der Waals surface area contributed by atoms with E-state index in [0.29, 0.717) is 18.0 Å². The lowest BCUT2D eigenvalue weighted by molar-refractivity contribution is 0.0948. The Balaban J connectivity index is 2.04. The topological polar surface area (TPSA) is 56.2 Å². The van der Waals surface area contributed by atoms with Gasteiger partial charge >= 0.3 is 0 Å². The molecule has 2 aromatic heterocycles. The third kappa shape index (κ3) is 2.65. The van der Waals surface area contributed by atoms with Crippen molar-refractivity contribution in [2.45, 2.75) is 6.54 Å². The number of nitrogens with one attached hydrogen (secondary N) is 1. The number of ether oxygens (including phenoxy) is 1. The van der Waals surface area contributed by atoms with E-state index in [-0.39, 0.29) is 5.91 Å². The highest BCUT2D eigenvalue weighted by Crippen LogP contribution is 2.14. The molecule has 0 radical (unpaired) electrons. The van der Waals surface area contributed by atoms with Gasteiger partial charge in [0, 0.05) is 19.8 Å². The highest BCUT2D eigenvalue weighted by atomic mass is 32.1. The molecule has 0 aliphatic rings. The molecule has 5 nitrogen and oxygen atoms in total. The molecule has 0 aliphatic heterocycles. The summed E-state index contributed by atoms with van der Waals surface area (Å²) in [6.45, 7) is 0.514. The summed E-state index contributed by atoms with van der Waals surface area (Å²) in [5.74, 6) is 0.163. The molecule has 2 rings (SSSR count). The maximum absolute atomic E-state index is 11.9. The number of carbonyl (C=O) groups is 1. The number of thiophene rings is 1. The molecule has 0 fully saturated rings. The van der Waals surface area contributed by atoms with Crippen LogP contribution in [0.5, 0.6) is 5.88 Å². The monoisotopic (exact) mass is 251 g/mol. The maximum Gasteiger partial charge on any atom is 0.258 e. The largest absolute Gasteiger partial charge is 0.479 e. The summed E-state index contributed by atoms with van der Waals surface area (Å²) in [7, 11) is 3.25. The number of hydrogen-bond acceptors (Lipinski definition) is 4. The lowest BCUT2D eigenvalue weighted by atomic mass is 10.3. The van der Waals surface area contributed by atoms with Gasteiger partial charge in [-0.3, -0.25) is 9.48 Å². The maximum atomic E-state index is 11.9. The average molecular weight is 251 g/mol. The quantitative estimate of drug-likeness (QED) is 0.894. The summed E-state index contributed by atoms with van der Waals surface area (Å²) in [5, 5.41) is 10.8. The molecule has 17 heavy (non-hydrogen) atoms. The zero-order valence-corrected chi connectivity index (χ0v) is 10.5. The van der Waals surface area contributed by atoms with E-state index in [4.69, 9.17) is 4.74 Å². The molecule has 0 saturated heterocycles. The van der Waals surface area contributed by atoms with Crippen LogP contribution in [0.25, 0.3) is 0 Å². The first kappa shape index (κ1) is 11.7. The second-order valence-electron chi connectivity index (χ2n) is 3.54. The van der Waals surface area contributed by atoms with Crippen molar-refractivity contribution in [3.05, 3.63) is 34.2 Å². The molecule has 6 heteroatoms. The Morgan fingerprint density at radius 2 is 2.47 bits per heavy atom. The van der Waals surface area contributed by atoms with E-state index < -0.39 is 0 Å². The van der Waals surface area contributed by atoms with Gasteiger partial charge < -0.3 is 10.1 Å². The smallest absolute Gasteiger partial charge is 0.258 e. The first-order chi connectivity index (χ1) is 8.20. The van der Waals surface area contributed by atoms with Crippen molar-refractivity contribution in [1.82, 2.24) is 15.1 Å². The lowest BCUT2D eigenvalue weighted by Gasteiger charge is -2.02. The van der Waals surface area contributed by atoms with Gasteiger partial charge in [-0.15, -0.1) is 5.10 Å². The summed E-state index contributed by atoms with van der Waals surface area (Å²) >= 11 is 1.61. The number of nitrogens with zero attached hydrogens (tertiary/aromatic N) is 2. The van der Waals surface area contributed by atoms with Crippen LogP contribution in [0.15, 0.2) is 23.0 Å². The van der Waals surface area contributed by atoms with Crippen molar-refractivity contribution < 1.29 is 9.53 Å². The van der Waals surface area contributed by atoms with Crippen molar-refractivity contribution in [1.29, 1.82) is 0 Å². The normalized spacial score (nSPS) is 10.2. The molecule has 1 amide bonds. The van der Waals surface area contributed by atoms with E-state index >= 15 is 0 Å². The standard InChI is InChI=1S/C11H13N3O2S/c1-14-6-9(11(13-14)16-2)10(15)12-5-8-3-4-17-7-8/h3-4,6-7H,5H2,1-2H3,(H,12,15). The van der Waals surface area contributed by atoms with Gasteiger partial charge in [-0.05, 0) is 22.4 Å². The van der Waals surface area contributed by atoms with Crippen molar-refractivity contribution >= 4 is 17.2 Å². The Hall–Kier alpha value is -1.82. The molecule has 2 aromatic rings. The van der Waals surface area contributed by atoms with E-state index in [1.54, 1.807) is 29.3 Å². The Morgan fingerprint density at radius 3 is 3.12 bits per heavy atom. The molecular weight excluding hydrogens is 238 g/mol. The van der Waals surface area contributed by atoms with E-state index in [1.807, 2.05) is 16.8 Å². The second kappa shape index (κ2) is 5.01. The molecule has 0 unspecified atom stereocenters. The minimum absolute atomic E-state index is 0.179. The van der Waals surface area contributed by atoms with Gasteiger partial charge in [0.15, 0.2) is 0 Å². The minimum atomic E-state index is -0.179. The third-order valence-electron chi connectivity index (χ3n) is 2.27. The third-order valence-corrected chi connectivity index (χ3v) is 3.00. The molecule has 0 saturated carbocycles. The van der Waals surface area contributed by atoms with Gasteiger partial charge in [0.05, 0.1) is 7.11 Å². The van der Waals surface area contributed by atoms with Gasteiger partial charge in [0.2, 0.25) is 5.88 Å². The van der Waals surface area contributed by atoms with E-state index in [1.165, 1.54) is 7.11 Å². The lowest BCUT2D eigenvalue weighted by Crippen LogP contribution is -2.22. The van der Waals surface area contributed by atoms with Crippen LogP contribution in [0, 0.1) is 0 Å². The van der Waals surface area contributed by atoms with Crippen LogP contribution in [0.4, 0.5) is 0 Å². The number of aryl methyl sites for hydroxylation is 1. The zero-order chi connectivity index (χ0) is 12.3. The van der Waals surface area contributed by atoms with Gasteiger partial charge in [0.1, 0.15) is 5.56 Å². The number of methoxy groups -OCH3 is 1. The number of hydrogen-bond donors (Lipinski definition) is 1. The number of amides is 1. The highest BCUT2D eigenvalue weighted by Gasteiger charge is 2.15. The molecule has 0 spiro atoms. The van der Waals surface area contributed by atoms with Gasteiger partial charge in [0.25, 0.3) is 5.91 Å². The van der Waals surface area contributed by atoms with Crippen LogP contribution in [0.2, 0.25) is 0 Å². The fourth-order valence-corrected chi connectivity index (χ4v) is 2.11. The van der Waals surface area contributed by atoms with Gasteiger partial charge in [-0.1, -0.05) is 0 Å². The van der Waals surface area contributed by atoms with Crippen LogP contribution >= 0.6 is 11.3 Å². The fourth-order valence-electron chi connectivity index (χ4n) is 1.45. The Morgan fingerprint density at radius 1 is 1.65 bits per heavy atom. The van der Waals surface area contributed by atoms with Gasteiger partial charge in [-0.25, -0.2) is 0 Å². The van der Waals surface area contributed by atoms with E-state index in [2.05, 4.69) is 10.4 Å². The first-order valence-electron chi connectivity index (χ1n) is 5.07. The summed E-state index contributed by atoms with van der Waals surface area (Å²) in [6.07, 6.45) is 1.64. The molecule has 0 atom stereocenters. The van der Waals surface area contributed by atoms with Crippen molar-refractivity contribution in [2.24, 2.45) is 7.05 Å². The molecule has 2 heterocycles. The second-order valence-corrected chi connectivity index (χ2v) is 4.32. The van der Waals surface area contributed by atoms with Crippen LogP contribution in [0.3, 0.4) is 0 Å². The summed E-state index contributed by atoms with van der Waals surface area (Å²) in [6, 6.07) is 1.98. The van der Waals surface area contributed by atoms with Crippen LogP contribution in [0.1, 0.15) is 15.9 Å². The minimum Gasteiger partial charge on any atom is -0.479 e. The number of aromatic nitrogens is 2. The van der Waals surface area contributed by atoms with E-state index in [9.17, 15) is 4.79 Å². The molecule has 90 valence electrons. The molecule has 0 aromatic carbocycles. The Labute approximate surface area is 103 Å².